The van der Waals surface area contributed by atoms with Crippen molar-refractivity contribution >= 4 is 17.7 Å². The molecule has 1 aliphatic heterocycles. The summed E-state index contributed by atoms with van der Waals surface area (Å²) in [5, 5.41) is 6.15. The molecule has 4 nitrogen and oxygen atoms in total. The molecule has 0 aromatic heterocycles. The fraction of sp³-hybridized carbons (Fsp3) is 0.211. The molecular formula is C19H19FN2O2. The molecule has 1 aliphatic rings. The first kappa shape index (κ1) is 16.1. The summed E-state index contributed by atoms with van der Waals surface area (Å²) in [5.41, 5.74) is 2.29. The Labute approximate surface area is 140 Å². The Bertz CT molecular complexity index is 774. The van der Waals surface area contributed by atoms with Crippen LogP contribution in [-0.2, 0) is 4.79 Å². The van der Waals surface area contributed by atoms with Gasteiger partial charge in [-0.1, -0.05) is 24.3 Å². The minimum absolute atomic E-state index is 0.170. The minimum Gasteiger partial charge on any atom is -0.490 e. The number of benzene rings is 2. The number of carbonyl (C=O) groups is 1. The minimum atomic E-state index is -0.352. The molecule has 0 bridgehead atoms. The van der Waals surface area contributed by atoms with Crippen LogP contribution in [0.5, 0.6) is 5.75 Å². The molecule has 24 heavy (non-hydrogen) atoms. The third-order valence-corrected chi connectivity index (χ3v) is 3.86. The number of amides is 1. The summed E-state index contributed by atoms with van der Waals surface area (Å²) < 4.78 is 19.1. The molecule has 1 atom stereocenters. The maximum Gasteiger partial charge on any atom is 0.244 e. The van der Waals surface area contributed by atoms with E-state index in [1.807, 2.05) is 25.1 Å². The summed E-state index contributed by atoms with van der Waals surface area (Å²) in [5.74, 6) is 0.200. The van der Waals surface area contributed by atoms with E-state index in [-0.39, 0.29) is 17.8 Å². The van der Waals surface area contributed by atoms with Gasteiger partial charge >= 0.3 is 0 Å². The Balaban J connectivity index is 1.65. The number of halogens is 1. The van der Waals surface area contributed by atoms with Gasteiger partial charge in [0.2, 0.25) is 5.91 Å². The zero-order chi connectivity index (χ0) is 16.9. The Morgan fingerprint density at radius 2 is 2.17 bits per heavy atom. The zero-order valence-corrected chi connectivity index (χ0v) is 13.4. The van der Waals surface area contributed by atoms with Gasteiger partial charge in [0.1, 0.15) is 18.2 Å². The predicted octanol–water partition coefficient (Wildman–Crippen LogP) is 3.52. The van der Waals surface area contributed by atoms with Crippen LogP contribution in [0.3, 0.4) is 0 Å². The van der Waals surface area contributed by atoms with E-state index >= 15 is 0 Å². The summed E-state index contributed by atoms with van der Waals surface area (Å²) in [6.07, 6.45) is 2.81. The molecule has 2 aromatic rings. The molecule has 0 unspecified atom stereocenters. The van der Waals surface area contributed by atoms with Gasteiger partial charge < -0.3 is 15.4 Å². The van der Waals surface area contributed by atoms with Gasteiger partial charge in [-0.3, -0.25) is 4.79 Å². The highest BCUT2D eigenvalue weighted by atomic mass is 19.1. The normalized spacial score (nSPS) is 14.4. The summed E-state index contributed by atoms with van der Waals surface area (Å²) in [4.78, 5) is 12.0. The van der Waals surface area contributed by atoms with E-state index < -0.39 is 0 Å². The molecule has 1 amide bonds. The smallest absolute Gasteiger partial charge is 0.244 e. The van der Waals surface area contributed by atoms with Crippen LogP contribution in [0.1, 0.15) is 24.1 Å². The second-order valence-corrected chi connectivity index (χ2v) is 5.62. The van der Waals surface area contributed by atoms with Crippen molar-refractivity contribution in [2.24, 2.45) is 0 Å². The molecule has 1 heterocycles. The fourth-order valence-electron chi connectivity index (χ4n) is 2.55. The molecule has 3 rings (SSSR count). The number of ether oxygens (including phenoxy) is 1. The van der Waals surface area contributed by atoms with Crippen molar-refractivity contribution < 1.29 is 13.9 Å². The van der Waals surface area contributed by atoms with Crippen molar-refractivity contribution in [2.75, 3.05) is 18.5 Å². The van der Waals surface area contributed by atoms with E-state index in [1.54, 1.807) is 18.2 Å². The van der Waals surface area contributed by atoms with Crippen LogP contribution >= 0.6 is 0 Å². The third kappa shape index (κ3) is 3.74. The maximum atomic E-state index is 13.5. The molecule has 0 radical (unpaired) electrons. The second kappa shape index (κ2) is 7.17. The fourth-order valence-corrected chi connectivity index (χ4v) is 2.55. The predicted molar refractivity (Wildman–Crippen MR) is 92.4 cm³/mol. The molecule has 124 valence electrons. The van der Waals surface area contributed by atoms with Crippen molar-refractivity contribution in [3.63, 3.8) is 0 Å². The molecule has 0 saturated carbocycles. The molecule has 0 spiro atoms. The molecular weight excluding hydrogens is 307 g/mol. The van der Waals surface area contributed by atoms with E-state index in [9.17, 15) is 9.18 Å². The van der Waals surface area contributed by atoms with Gasteiger partial charge in [0.15, 0.2) is 0 Å². The van der Waals surface area contributed by atoms with Gasteiger partial charge in [0.25, 0.3) is 0 Å². The first-order chi connectivity index (χ1) is 11.6. The van der Waals surface area contributed by atoms with E-state index in [2.05, 4.69) is 10.6 Å². The van der Waals surface area contributed by atoms with Crippen molar-refractivity contribution in [3.05, 3.63) is 65.5 Å². The Morgan fingerprint density at radius 3 is 3.00 bits per heavy atom. The molecule has 2 aromatic carbocycles. The Hall–Kier alpha value is -2.82. The van der Waals surface area contributed by atoms with Crippen LogP contribution in [0.2, 0.25) is 0 Å². The third-order valence-electron chi connectivity index (χ3n) is 3.86. The summed E-state index contributed by atoms with van der Waals surface area (Å²) in [7, 11) is 0. The van der Waals surface area contributed by atoms with E-state index in [4.69, 9.17) is 4.74 Å². The topological polar surface area (TPSA) is 50.4 Å². The van der Waals surface area contributed by atoms with Crippen molar-refractivity contribution in [1.29, 1.82) is 0 Å². The quantitative estimate of drug-likeness (QED) is 0.845. The average Bonchev–Trinajstić information content (AvgIpc) is 2.60. The van der Waals surface area contributed by atoms with Gasteiger partial charge in [0, 0.05) is 18.2 Å². The molecule has 0 saturated heterocycles. The number of anilines is 1. The van der Waals surface area contributed by atoms with Crippen molar-refractivity contribution in [2.45, 2.75) is 13.0 Å². The molecule has 0 fully saturated rings. The first-order valence-electron chi connectivity index (χ1n) is 7.87. The van der Waals surface area contributed by atoms with Crippen molar-refractivity contribution in [1.82, 2.24) is 5.32 Å². The highest BCUT2D eigenvalue weighted by Crippen LogP contribution is 2.30. The lowest BCUT2D eigenvalue weighted by atomic mass is 10.1. The second-order valence-electron chi connectivity index (χ2n) is 5.62. The number of carbonyl (C=O) groups excluding carboxylic acids is 1. The average molecular weight is 326 g/mol. The van der Waals surface area contributed by atoms with E-state index in [0.717, 1.165) is 23.5 Å². The SMILES string of the molecule is C[C@H](NC(=O)/C=C/c1ccccc1F)c1ccc2c(c1)NCCO2. The molecule has 0 aliphatic carbocycles. The Morgan fingerprint density at radius 1 is 1.33 bits per heavy atom. The Kier molecular flexibility index (Phi) is 4.79. The van der Waals surface area contributed by atoms with Gasteiger partial charge in [-0.05, 0) is 36.8 Å². The van der Waals surface area contributed by atoms with Crippen LogP contribution in [0, 0.1) is 5.82 Å². The summed E-state index contributed by atoms with van der Waals surface area (Å²) in [6.45, 7) is 3.32. The summed E-state index contributed by atoms with van der Waals surface area (Å²) in [6, 6.07) is 12.0. The number of nitrogens with one attached hydrogen (secondary N) is 2. The number of hydrogen-bond donors (Lipinski definition) is 2. The van der Waals surface area contributed by atoms with Gasteiger partial charge in [-0.25, -0.2) is 4.39 Å². The lowest BCUT2D eigenvalue weighted by Gasteiger charge is -2.21. The van der Waals surface area contributed by atoms with E-state index in [0.29, 0.717) is 12.2 Å². The van der Waals surface area contributed by atoms with Crippen LogP contribution in [-0.4, -0.2) is 19.1 Å². The van der Waals surface area contributed by atoms with Gasteiger partial charge in [0.05, 0.1) is 11.7 Å². The number of hydrogen-bond acceptors (Lipinski definition) is 3. The highest BCUT2D eigenvalue weighted by Gasteiger charge is 2.13. The zero-order valence-electron chi connectivity index (χ0n) is 13.4. The van der Waals surface area contributed by atoms with Crippen LogP contribution in [0.4, 0.5) is 10.1 Å². The van der Waals surface area contributed by atoms with Gasteiger partial charge in [-0.15, -0.1) is 0 Å². The van der Waals surface area contributed by atoms with Crippen LogP contribution < -0.4 is 15.4 Å². The maximum absolute atomic E-state index is 13.5. The van der Waals surface area contributed by atoms with Crippen LogP contribution in [0.25, 0.3) is 6.08 Å². The highest BCUT2D eigenvalue weighted by molar-refractivity contribution is 5.92. The molecule has 2 N–H and O–H groups in total. The first-order valence-corrected chi connectivity index (χ1v) is 7.87. The largest absolute Gasteiger partial charge is 0.490 e. The standard InChI is InChI=1S/C19H19FN2O2/c1-13(15-6-8-18-17(12-15)21-10-11-24-18)22-19(23)9-7-14-4-2-3-5-16(14)20/h2-9,12-13,21H,10-11H2,1H3,(H,22,23)/b9-7+/t13-/m0/s1. The lowest BCUT2D eigenvalue weighted by molar-refractivity contribution is -0.117. The van der Waals surface area contributed by atoms with Gasteiger partial charge in [-0.2, -0.15) is 0 Å². The van der Waals surface area contributed by atoms with Crippen molar-refractivity contribution in [3.8, 4) is 5.75 Å². The van der Waals surface area contributed by atoms with Crippen LogP contribution in [0.15, 0.2) is 48.5 Å². The molecule has 5 heteroatoms. The monoisotopic (exact) mass is 326 g/mol. The summed E-state index contributed by atoms with van der Waals surface area (Å²) >= 11 is 0. The lowest BCUT2D eigenvalue weighted by Crippen LogP contribution is -2.25. The number of fused-ring (bicyclic) bond motifs is 1. The van der Waals surface area contributed by atoms with E-state index in [1.165, 1.54) is 18.2 Å². The number of rotatable bonds is 4.